The molecule has 0 fully saturated rings. The highest BCUT2D eigenvalue weighted by molar-refractivity contribution is 5.88. The zero-order valence-corrected chi connectivity index (χ0v) is 10.0. The van der Waals surface area contributed by atoms with Crippen LogP contribution in [0.15, 0.2) is 18.2 Å². The first kappa shape index (κ1) is 14.3. The Kier molecular flexibility index (Phi) is 3.67. The second-order valence-electron chi connectivity index (χ2n) is 4.26. The average molecular weight is 289 g/mol. The normalized spacial score (nSPS) is 18.2. The van der Waals surface area contributed by atoms with Gasteiger partial charge in [-0.05, 0) is 23.3 Å². The van der Waals surface area contributed by atoms with Crippen molar-refractivity contribution in [3.63, 3.8) is 0 Å². The second-order valence-corrected chi connectivity index (χ2v) is 4.26. The van der Waals surface area contributed by atoms with Gasteiger partial charge >= 0.3 is 18.1 Å². The number of rotatable bonds is 2. The summed E-state index contributed by atoms with van der Waals surface area (Å²) in [6.07, 6.45) is -4.97. The molecule has 0 saturated carbocycles. The van der Waals surface area contributed by atoms with Crippen LogP contribution in [0, 0.1) is 0 Å². The maximum absolute atomic E-state index is 12.2. The van der Waals surface area contributed by atoms with Crippen molar-refractivity contribution in [3.05, 3.63) is 34.9 Å². The molecule has 1 aromatic carbocycles. The van der Waals surface area contributed by atoms with Crippen molar-refractivity contribution in [3.8, 4) is 0 Å². The van der Waals surface area contributed by atoms with Crippen LogP contribution in [0.2, 0.25) is 0 Å². The van der Waals surface area contributed by atoms with Gasteiger partial charge in [0.25, 0.3) is 0 Å². The molecule has 8 heteroatoms. The van der Waals surface area contributed by atoms with Gasteiger partial charge in [0.05, 0.1) is 24.8 Å². The third-order valence-electron chi connectivity index (χ3n) is 2.87. The average Bonchev–Trinajstić information content (AvgIpc) is 2.37. The Bertz CT molecular complexity index is 556. The van der Waals surface area contributed by atoms with Gasteiger partial charge < -0.3 is 15.2 Å². The fourth-order valence-corrected chi connectivity index (χ4v) is 1.94. The first-order valence-electron chi connectivity index (χ1n) is 5.60. The maximum atomic E-state index is 12.2. The molecule has 0 aromatic heterocycles. The van der Waals surface area contributed by atoms with E-state index in [-0.39, 0.29) is 18.8 Å². The van der Waals surface area contributed by atoms with E-state index in [1.165, 1.54) is 18.2 Å². The minimum Gasteiger partial charge on any atom is -0.478 e. The molecule has 2 rings (SSSR count). The molecule has 0 unspecified atom stereocenters. The molecule has 0 radical (unpaired) electrons. The number of alkyl halides is 3. The predicted octanol–water partition coefficient (Wildman–Crippen LogP) is 1.63. The first-order valence-corrected chi connectivity index (χ1v) is 5.60. The van der Waals surface area contributed by atoms with Crippen molar-refractivity contribution in [2.45, 2.75) is 18.8 Å². The largest absolute Gasteiger partial charge is 0.478 e. The topological polar surface area (TPSA) is 75.6 Å². The lowest BCUT2D eigenvalue weighted by Crippen LogP contribution is -2.42. The zero-order valence-electron chi connectivity index (χ0n) is 10.0. The first-order chi connectivity index (χ1) is 9.29. The second kappa shape index (κ2) is 5.12. The molecule has 1 aliphatic rings. The number of benzene rings is 1. The quantitative estimate of drug-likeness (QED) is 0.867. The lowest BCUT2D eigenvalue weighted by molar-refractivity contribution is -0.175. The molecular weight excluding hydrogens is 279 g/mol. The van der Waals surface area contributed by atoms with E-state index in [9.17, 15) is 22.8 Å². The highest BCUT2D eigenvalue weighted by Gasteiger charge is 2.40. The van der Waals surface area contributed by atoms with Crippen LogP contribution in [0.3, 0.4) is 0 Å². The number of carboxylic acid groups (broad SMARTS) is 1. The molecule has 0 spiro atoms. The fraction of sp³-hybridized carbons (Fsp3) is 0.333. The molecular formula is C12H10F3NO4. The molecule has 0 aliphatic carbocycles. The van der Waals surface area contributed by atoms with Gasteiger partial charge in [0, 0.05) is 0 Å². The molecule has 5 nitrogen and oxygen atoms in total. The van der Waals surface area contributed by atoms with Crippen LogP contribution >= 0.6 is 0 Å². The molecule has 2 N–H and O–H groups in total. The summed E-state index contributed by atoms with van der Waals surface area (Å²) in [6.45, 7) is -0.00389. The number of carboxylic acids is 1. The Morgan fingerprint density at radius 3 is 2.65 bits per heavy atom. The highest BCUT2D eigenvalue weighted by atomic mass is 19.4. The van der Waals surface area contributed by atoms with E-state index in [0.29, 0.717) is 11.1 Å². The van der Waals surface area contributed by atoms with E-state index in [2.05, 4.69) is 0 Å². The van der Waals surface area contributed by atoms with Crippen LogP contribution in [0.25, 0.3) is 0 Å². The molecule has 0 saturated heterocycles. The summed E-state index contributed by atoms with van der Waals surface area (Å²) < 4.78 is 41.7. The number of aromatic carboxylic acids is 1. The lowest BCUT2D eigenvalue weighted by Gasteiger charge is -2.27. The number of carbonyl (C=O) groups excluding carboxylic acids is 1. The van der Waals surface area contributed by atoms with Gasteiger partial charge in [0.1, 0.15) is 0 Å². The SMILES string of the molecule is O=C(O)c1ccc2c(c1)COC[C@@H]2NC(=O)C(F)(F)F. The summed E-state index contributed by atoms with van der Waals surface area (Å²) >= 11 is 0. The van der Waals surface area contributed by atoms with Gasteiger partial charge in [-0.3, -0.25) is 4.79 Å². The van der Waals surface area contributed by atoms with Crippen LogP contribution in [-0.2, 0) is 16.1 Å². The molecule has 1 aromatic rings. The molecule has 1 amide bonds. The van der Waals surface area contributed by atoms with E-state index < -0.39 is 24.1 Å². The van der Waals surface area contributed by atoms with Crippen molar-refractivity contribution < 1.29 is 32.6 Å². The van der Waals surface area contributed by atoms with Gasteiger partial charge in [-0.1, -0.05) is 6.07 Å². The van der Waals surface area contributed by atoms with Crippen LogP contribution in [0.5, 0.6) is 0 Å². The van der Waals surface area contributed by atoms with E-state index in [4.69, 9.17) is 9.84 Å². The number of nitrogens with one attached hydrogen (secondary N) is 1. The molecule has 1 atom stereocenters. The third-order valence-corrected chi connectivity index (χ3v) is 2.87. The molecule has 0 bridgehead atoms. The standard InChI is InChI=1S/C12H10F3NO4/c13-12(14,15)11(19)16-9-5-20-4-7-3-6(10(17)18)1-2-8(7)9/h1-3,9H,4-5H2,(H,16,19)(H,17,18)/t9-/m0/s1. The number of ether oxygens (including phenoxy) is 1. The van der Waals surface area contributed by atoms with Crippen molar-refractivity contribution in [2.75, 3.05) is 6.61 Å². The third kappa shape index (κ3) is 2.90. The van der Waals surface area contributed by atoms with E-state index in [1.54, 1.807) is 0 Å². The molecule has 20 heavy (non-hydrogen) atoms. The Morgan fingerprint density at radius 2 is 2.05 bits per heavy atom. The van der Waals surface area contributed by atoms with Gasteiger partial charge in [0.15, 0.2) is 0 Å². The van der Waals surface area contributed by atoms with Crippen molar-refractivity contribution >= 4 is 11.9 Å². The Hall–Kier alpha value is -2.09. The number of amides is 1. The summed E-state index contributed by atoms with van der Waals surface area (Å²) in [7, 11) is 0. The number of hydrogen-bond acceptors (Lipinski definition) is 3. The zero-order chi connectivity index (χ0) is 14.9. The predicted molar refractivity (Wildman–Crippen MR) is 60.0 cm³/mol. The minimum absolute atomic E-state index is 0.00940. The van der Waals surface area contributed by atoms with Crippen LogP contribution < -0.4 is 5.32 Å². The van der Waals surface area contributed by atoms with E-state index >= 15 is 0 Å². The minimum atomic E-state index is -4.97. The lowest BCUT2D eigenvalue weighted by atomic mass is 9.96. The van der Waals surface area contributed by atoms with Gasteiger partial charge in [-0.2, -0.15) is 13.2 Å². The number of fused-ring (bicyclic) bond motifs is 1. The monoisotopic (exact) mass is 289 g/mol. The number of carbonyl (C=O) groups is 2. The van der Waals surface area contributed by atoms with Gasteiger partial charge in [0.2, 0.25) is 0 Å². The Morgan fingerprint density at radius 1 is 1.35 bits per heavy atom. The van der Waals surface area contributed by atoms with E-state index in [0.717, 1.165) is 0 Å². The number of halogens is 3. The Labute approximate surface area is 111 Å². The van der Waals surface area contributed by atoms with Crippen LogP contribution in [0.1, 0.15) is 27.5 Å². The van der Waals surface area contributed by atoms with Gasteiger partial charge in [-0.15, -0.1) is 0 Å². The summed E-state index contributed by atoms with van der Waals surface area (Å²) in [5.41, 5.74) is 0.887. The highest BCUT2D eigenvalue weighted by Crippen LogP contribution is 2.27. The number of hydrogen-bond donors (Lipinski definition) is 2. The Balaban J connectivity index is 2.25. The molecule has 1 aliphatic heterocycles. The van der Waals surface area contributed by atoms with E-state index in [1.807, 2.05) is 5.32 Å². The smallest absolute Gasteiger partial charge is 0.471 e. The fourth-order valence-electron chi connectivity index (χ4n) is 1.94. The van der Waals surface area contributed by atoms with Crippen LogP contribution in [-0.4, -0.2) is 29.8 Å². The van der Waals surface area contributed by atoms with Crippen molar-refractivity contribution in [1.82, 2.24) is 5.32 Å². The molecule has 1 heterocycles. The molecule has 108 valence electrons. The van der Waals surface area contributed by atoms with Gasteiger partial charge in [-0.25, -0.2) is 4.79 Å². The van der Waals surface area contributed by atoms with Crippen molar-refractivity contribution in [1.29, 1.82) is 0 Å². The summed E-state index contributed by atoms with van der Waals surface area (Å²) in [5, 5.41) is 10.7. The summed E-state index contributed by atoms with van der Waals surface area (Å²) in [6, 6.07) is 3.04. The summed E-state index contributed by atoms with van der Waals surface area (Å²) in [4.78, 5) is 21.8. The summed E-state index contributed by atoms with van der Waals surface area (Å²) in [5.74, 6) is -3.20. The van der Waals surface area contributed by atoms with Crippen LogP contribution in [0.4, 0.5) is 13.2 Å². The maximum Gasteiger partial charge on any atom is 0.471 e. The van der Waals surface area contributed by atoms with Crippen molar-refractivity contribution in [2.24, 2.45) is 0 Å².